The van der Waals surface area contributed by atoms with E-state index in [0.717, 1.165) is 5.56 Å². The van der Waals surface area contributed by atoms with Gasteiger partial charge in [-0.25, -0.2) is 8.78 Å². The van der Waals surface area contributed by atoms with Crippen LogP contribution in [0.1, 0.15) is 16.5 Å². The number of halogens is 4. The Kier molecular flexibility index (Phi) is 3.65. The van der Waals surface area contributed by atoms with E-state index in [4.69, 9.17) is 23.2 Å². The van der Waals surface area contributed by atoms with Crippen LogP contribution < -0.4 is 0 Å². The zero-order chi connectivity index (χ0) is 12.4. The molecule has 0 saturated heterocycles. The van der Waals surface area contributed by atoms with E-state index in [1.807, 2.05) is 0 Å². The van der Waals surface area contributed by atoms with Crippen molar-refractivity contribution in [2.75, 3.05) is 0 Å². The molecule has 1 unspecified atom stereocenters. The molecule has 0 bridgehead atoms. The third kappa shape index (κ3) is 2.76. The number of hydrogen-bond donors (Lipinski definition) is 0. The molecule has 2 aromatic carbocycles. The molecule has 0 spiro atoms. The lowest BCUT2D eigenvalue weighted by atomic mass is 10.0. The molecule has 0 nitrogen and oxygen atoms in total. The lowest BCUT2D eigenvalue weighted by Gasteiger charge is -2.10. The minimum atomic E-state index is -0.488. The molecule has 0 saturated carbocycles. The van der Waals surface area contributed by atoms with E-state index < -0.39 is 11.2 Å². The molecule has 0 amide bonds. The Morgan fingerprint density at radius 1 is 0.882 bits per heavy atom. The molecule has 0 N–H and O–H groups in total. The molecule has 0 radical (unpaired) electrons. The van der Waals surface area contributed by atoms with Gasteiger partial charge < -0.3 is 0 Å². The highest BCUT2D eigenvalue weighted by Crippen LogP contribution is 2.31. The maximum Gasteiger partial charge on any atom is 0.141 e. The summed E-state index contributed by atoms with van der Waals surface area (Å²) in [5.74, 6) is -0.812. The normalized spacial score (nSPS) is 12.5. The molecule has 0 aliphatic rings. The number of hydrogen-bond acceptors (Lipinski definition) is 0. The molecule has 0 aliphatic carbocycles. The Morgan fingerprint density at radius 3 is 2.06 bits per heavy atom. The number of alkyl halides is 1. The largest absolute Gasteiger partial charge is 0.207 e. The van der Waals surface area contributed by atoms with E-state index in [1.54, 1.807) is 18.2 Å². The number of rotatable bonds is 2. The average Bonchev–Trinajstić information content (AvgIpc) is 2.33. The van der Waals surface area contributed by atoms with Gasteiger partial charge in [0.2, 0.25) is 0 Å². The monoisotopic (exact) mass is 272 g/mol. The maximum atomic E-state index is 13.0. The third-order valence-electron chi connectivity index (χ3n) is 2.40. The summed E-state index contributed by atoms with van der Waals surface area (Å²) in [6, 6.07) is 10.1. The van der Waals surface area contributed by atoms with Gasteiger partial charge >= 0.3 is 0 Å². The first-order valence-electron chi connectivity index (χ1n) is 4.92. The predicted octanol–water partition coefficient (Wildman–Crippen LogP) is 4.95. The first-order chi connectivity index (χ1) is 8.08. The van der Waals surface area contributed by atoms with Crippen LogP contribution in [0.15, 0.2) is 42.5 Å². The van der Waals surface area contributed by atoms with Gasteiger partial charge in [0.1, 0.15) is 11.6 Å². The van der Waals surface area contributed by atoms with Crippen LogP contribution in [0.3, 0.4) is 0 Å². The second-order valence-corrected chi connectivity index (χ2v) is 4.43. The minimum absolute atomic E-state index is 0.0234. The molecule has 0 aromatic heterocycles. The van der Waals surface area contributed by atoms with Gasteiger partial charge in [-0.2, -0.15) is 0 Å². The van der Waals surface area contributed by atoms with Gasteiger partial charge in [0.15, 0.2) is 0 Å². The van der Waals surface area contributed by atoms with E-state index >= 15 is 0 Å². The fourth-order valence-corrected chi connectivity index (χ4v) is 1.96. The van der Waals surface area contributed by atoms with E-state index in [9.17, 15) is 8.78 Å². The standard InChI is InChI=1S/C13H8Cl2F2/c14-11-7-9(3-6-12(11)17)13(15)8-1-4-10(16)5-2-8/h1-7,13H. The van der Waals surface area contributed by atoms with Crippen molar-refractivity contribution in [2.45, 2.75) is 5.38 Å². The van der Waals surface area contributed by atoms with Crippen LogP contribution in [0.2, 0.25) is 5.02 Å². The topological polar surface area (TPSA) is 0 Å². The molecule has 4 heteroatoms. The second kappa shape index (κ2) is 5.03. The molecule has 2 rings (SSSR count). The van der Waals surface area contributed by atoms with Crippen molar-refractivity contribution in [1.82, 2.24) is 0 Å². The molecular formula is C13H8Cl2F2. The summed E-state index contributed by atoms with van der Waals surface area (Å²) in [4.78, 5) is 0. The Labute approximate surface area is 108 Å². The van der Waals surface area contributed by atoms with Crippen LogP contribution in [0.4, 0.5) is 8.78 Å². The van der Waals surface area contributed by atoms with Crippen molar-refractivity contribution in [3.05, 3.63) is 70.2 Å². The van der Waals surface area contributed by atoms with Crippen LogP contribution in [-0.2, 0) is 0 Å². The molecule has 0 heterocycles. The SMILES string of the molecule is Fc1ccc(C(Cl)c2ccc(F)c(Cl)c2)cc1. The summed E-state index contributed by atoms with van der Waals surface area (Å²) in [6.07, 6.45) is 0. The molecule has 2 aromatic rings. The predicted molar refractivity (Wildman–Crippen MR) is 65.5 cm³/mol. The van der Waals surface area contributed by atoms with Crippen molar-refractivity contribution < 1.29 is 8.78 Å². The quantitative estimate of drug-likeness (QED) is 0.679. The van der Waals surface area contributed by atoms with Gasteiger partial charge in [0.05, 0.1) is 10.4 Å². The molecule has 17 heavy (non-hydrogen) atoms. The minimum Gasteiger partial charge on any atom is -0.207 e. The maximum absolute atomic E-state index is 13.0. The lowest BCUT2D eigenvalue weighted by molar-refractivity contribution is 0.627. The van der Waals surface area contributed by atoms with Gasteiger partial charge in [-0.3, -0.25) is 0 Å². The van der Waals surface area contributed by atoms with Gasteiger partial charge in [-0.1, -0.05) is 29.8 Å². The van der Waals surface area contributed by atoms with Crippen molar-refractivity contribution >= 4 is 23.2 Å². The Balaban J connectivity index is 2.33. The molecule has 1 atom stereocenters. The second-order valence-electron chi connectivity index (χ2n) is 3.59. The van der Waals surface area contributed by atoms with E-state index in [-0.39, 0.29) is 10.8 Å². The summed E-state index contributed by atoms with van der Waals surface area (Å²) in [5.41, 5.74) is 1.40. The third-order valence-corrected chi connectivity index (χ3v) is 3.19. The molecule has 0 fully saturated rings. The summed E-state index contributed by atoms with van der Waals surface area (Å²) in [6.45, 7) is 0. The Bertz CT molecular complexity index is 523. The van der Waals surface area contributed by atoms with Gasteiger partial charge in [-0.05, 0) is 35.4 Å². The van der Waals surface area contributed by atoms with Crippen molar-refractivity contribution in [3.63, 3.8) is 0 Å². The van der Waals surface area contributed by atoms with Crippen LogP contribution >= 0.6 is 23.2 Å². The summed E-state index contributed by atoms with van der Waals surface area (Å²) < 4.78 is 25.7. The van der Waals surface area contributed by atoms with Crippen molar-refractivity contribution in [2.24, 2.45) is 0 Å². The first kappa shape index (κ1) is 12.3. The fraction of sp³-hybridized carbons (Fsp3) is 0.0769. The zero-order valence-corrected chi connectivity index (χ0v) is 10.1. The molecule has 0 aliphatic heterocycles. The number of benzene rings is 2. The highest BCUT2D eigenvalue weighted by molar-refractivity contribution is 6.31. The first-order valence-corrected chi connectivity index (χ1v) is 5.74. The Morgan fingerprint density at radius 2 is 1.47 bits per heavy atom. The molecule has 88 valence electrons. The fourth-order valence-electron chi connectivity index (χ4n) is 1.49. The van der Waals surface area contributed by atoms with Gasteiger partial charge in [-0.15, -0.1) is 11.6 Å². The highest BCUT2D eigenvalue weighted by Gasteiger charge is 2.12. The lowest BCUT2D eigenvalue weighted by Crippen LogP contribution is -1.94. The summed E-state index contributed by atoms with van der Waals surface area (Å²) in [7, 11) is 0. The van der Waals surface area contributed by atoms with E-state index in [1.165, 1.54) is 24.3 Å². The molecular weight excluding hydrogens is 265 g/mol. The smallest absolute Gasteiger partial charge is 0.141 e. The van der Waals surface area contributed by atoms with Crippen LogP contribution in [0.5, 0.6) is 0 Å². The average molecular weight is 273 g/mol. The highest BCUT2D eigenvalue weighted by atomic mass is 35.5. The van der Waals surface area contributed by atoms with Crippen LogP contribution in [-0.4, -0.2) is 0 Å². The summed E-state index contributed by atoms with van der Waals surface area (Å²) in [5, 5.41) is -0.455. The van der Waals surface area contributed by atoms with Gasteiger partial charge in [0, 0.05) is 0 Å². The summed E-state index contributed by atoms with van der Waals surface area (Å²) >= 11 is 11.9. The van der Waals surface area contributed by atoms with E-state index in [0.29, 0.717) is 5.56 Å². The van der Waals surface area contributed by atoms with E-state index in [2.05, 4.69) is 0 Å². The Hall–Kier alpha value is -1.12. The zero-order valence-electron chi connectivity index (χ0n) is 8.63. The van der Waals surface area contributed by atoms with Crippen molar-refractivity contribution in [3.8, 4) is 0 Å². The van der Waals surface area contributed by atoms with Gasteiger partial charge in [0.25, 0.3) is 0 Å². The van der Waals surface area contributed by atoms with Crippen LogP contribution in [0.25, 0.3) is 0 Å². The van der Waals surface area contributed by atoms with Crippen molar-refractivity contribution in [1.29, 1.82) is 0 Å². The van der Waals surface area contributed by atoms with Crippen LogP contribution in [0, 0.1) is 11.6 Å².